The molecule has 0 radical (unpaired) electrons. The summed E-state index contributed by atoms with van der Waals surface area (Å²) in [5, 5.41) is 33.8. The topological polar surface area (TPSA) is 339 Å². The molecule has 0 rings (SSSR count). The first-order valence-corrected chi connectivity index (χ1v) is 3.17. The highest BCUT2D eigenvalue weighted by Gasteiger charge is 2.40. The number of carboxylic acids is 3. The zero-order valence-electron chi connectivity index (χ0n) is 10.9. The fourth-order valence-corrected chi connectivity index (χ4v) is 0.714. The lowest BCUT2D eigenvalue weighted by atomic mass is 9.96. The predicted octanol–water partition coefficient (Wildman–Crippen LogP) is -0.841. The molecule has 0 spiro atoms. The molecule has 21 N–H and O–H groups in total. The first-order valence-electron chi connectivity index (χ1n) is 3.17. The van der Waals surface area contributed by atoms with Crippen molar-refractivity contribution in [3.63, 3.8) is 0 Å². The summed E-state index contributed by atoms with van der Waals surface area (Å²) < 4.78 is 0. The van der Waals surface area contributed by atoms with Crippen LogP contribution >= 0.6 is 12.4 Å². The van der Waals surface area contributed by atoms with Gasteiger partial charge in [0, 0.05) is 0 Å². The van der Waals surface area contributed by atoms with E-state index in [4.69, 9.17) is 20.4 Å². The maximum Gasteiger partial charge on any atom is 0.336 e. The van der Waals surface area contributed by atoms with Crippen molar-refractivity contribution in [2.75, 3.05) is 0 Å². The van der Waals surface area contributed by atoms with Crippen molar-refractivity contribution >= 4 is 30.3 Å². The first kappa shape index (κ1) is 51.5. The van der Waals surface area contributed by atoms with Crippen molar-refractivity contribution in [2.24, 2.45) is 0 Å². The summed E-state index contributed by atoms with van der Waals surface area (Å²) in [7, 11) is 0. The van der Waals surface area contributed by atoms with Gasteiger partial charge in [0.05, 0.1) is 12.8 Å². The van der Waals surface area contributed by atoms with Crippen LogP contribution in [0.2, 0.25) is 0 Å². The Balaban J connectivity index is -0.0000000343. The van der Waals surface area contributed by atoms with Gasteiger partial charge in [-0.2, -0.15) is 0 Å². The minimum absolute atomic E-state index is 0. The molecule has 0 saturated carbocycles. The van der Waals surface area contributed by atoms with E-state index < -0.39 is 36.4 Å². The van der Waals surface area contributed by atoms with Gasteiger partial charge in [-0.05, 0) is 0 Å². The quantitative estimate of drug-likeness (QED) is 0.297. The molecule has 0 unspecified atom stereocenters. The second kappa shape index (κ2) is 19.8. The molecule has 0 aliphatic carbocycles. The number of carboxylic acid groups (broad SMARTS) is 3. The molecular weight excluding hydrogens is 306 g/mol. The second-order valence-corrected chi connectivity index (χ2v) is 2.48. The lowest BCUT2D eigenvalue weighted by Crippen LogP contribution is -2.42. The van der Waals surface area contributed by atoms with Gasteiger partial charge < -0.3 is 56.7 Å². The first-order chi connectivity index (χ1) is 5.78. The highest BCUT2D eigenvalue weighted by Crippen LogP contribution is 2.15. The molecule has 0 aliphatic heterocycles. The molecule has 14 heteroatoms. The van der Waals surface area contributed by atoms with Gasteiger partial charge in [-0.25, -0.2) is 4.79 Å². The number of halogens is 1. The summed E-state index contributed by atoms with van der Waals surface area (Å²) in [6.07, 6.45) is -2.29. The second-order valence-electron chi connectivity index (χ2n) is 2.48. The predicted molar refractivity (Wildman–Crippen MR) is 73.1 cm³/mol. The van der Waals surface area contributed by atoms with E-state index in [9.17, 15) is 14.4 Å². The molecule has 130 valence electrons. The third-order valence-corrected chi connectivity index (χ3v) is 1.29. The smallest absolute Gasteiger partial charge is 0.336 e. The normalized spacial score (nSPS) is 7.05. The third-order valence-electron chi connectivity index (χ3n) is 1.29. The van der Waals surface area contributed by atoms with Crippen LogP contribution in [0.25, 0.3) is 0 Å². The van der Waals surface area contributed by atoms with E-state index in [2.05, 4.69) is 0 Å². The molecule has 0 aliphatic rings. The summed E-state index contributed by atoms with van der Waals surface area (Å²) >= 11 is 0. The average Bonchev–Trinajstić information content (AvgIpc) is 1.82. The molecule has 0 bridgehead atoms. The SMILES string of the molecule is Cl.N.N.N.N.N.O.O=C(O)CC(O)(CC(=O)O)C(=O)O. The van der Waals surface area contributed by atoms with E-state index in [1.165, 1.54) is 0 Å². The molecule has 0 heterocycles. The largest absolute Gasteiger partial charge is 0.481 e. The fraction of sp³-hybridized carbons (Fsp3) is 0.500. The number of aliphatic hydroxyl groups is 1. The Kier molecular flexibility index (Phi) is 50.8. The summed E-state index contributed by atoms with van der Waals surface area (Å²) in [4.78, 5) is 30.5. The summed E-state index contributed by atoms with van der Waals surface area (Å²) in [6, 6.07) is 0. The number of aliphatic carboxylic acids is 3. The molecule has 0 aromatic carbocycles. The van der Waals surface area contributed by atoms with Crippen LogP contribution in [0.15, 0.2) is 0 Å². The van der Waals surface area contributed by atoms with Crippen molar-refractivity contribution < 1.29 is 40.3 Å². The highest BCUT2D eigenvalue weighted by atomic mass is 35.5. The van der Waals surface area contributed by atoms with E-state index in [-0.39, 0.29) is 48.6 Å². The summed E-state index contributed by atoms with van der Waals surface area (Å²) in [5.74, 6) is -5.02. The third kappa shape index (κ3) is 18.8. The maximum atomic E-state index is 10.3. The Hall–Kier alpha value is -1.58. The van der Waals surface area contributed by atoms with Crippen molar-refractivity contribution in [1.29, 1.82) is 0 Å². The van der Waals surface area contributed by atoms with Crippen molar-refractivity contribution in [3.8, 4) is 0 Å². The van der Waals surface area contributed by atoms with E-state index in [1.54, 1.807) is 0 Å². The molecule has 0 aromatic heterocycles. The van der Waals surface area contributed by atoms with E-state index >= 15 is 0 Å². The average molecular weight is 332 g/mol. The van der Waals surface area contributed by atoms with Crippen LogP contribution in [0.4, 0.5) is 0 Å². The lowest BCUT2D eigenvalue weighted by Gasteiger charge is -2.18. The molecule has 0 saturated heterocycles. The highest BCUT2D eigenvalue weighted by molar-refractivity contribution is 5.88. The van der Waals surface area contributed by atoms with Gasteiger partial charge >= 0.3 is 17.9 Å². The van der Waals surface area contributed by atoms with Gasteiger partial charge in [-0.3, -0.25) is 9.59 Å². The number of hydrogen-bond donors (Lipinski definition) is 9. The Bertz CT molecular complexity index is 250. The standard InChI is InChI=1S/C6H8O7.ClH.5H3N.H2O/c7-3(8)1-6(13,5(11)12)2-4(9)10;;;;;;;/h13H,1-2H2,(H,7,8)(H,9,10)(H,11,12);1H;5*1H3;1H2. The fourth-order valence-electron chi connectivity index (χ4n) is 0.714. The number of hydrogen-bond acceptors (Lipinski definition) is 9. The molecule has 13 nitrogen and oxygen atoms in total. The molecule has 0 aromatic rings. The van der Waals surface area contributed by atoms with E-state index in [1.807, 2.05) is 0 Å². The van der Waals surface area contributed by atoms with Gasteiger partial charge in [-0.15, -0.1) is 12.4 Å². The minimum atomic E-state index is -2.74. The van der Waals surface area contributed by atoms with E-state index in [0.717, 1.165) is 0 Å². The molecule has 20 heavy (non-hydrogen) atoms. The Morgan fingerprint density at radius 3 is 1.05 bits per heavy atom. The van der Waals surface area contributed by atoms with E-state index in [0.29, 0.717) is 0 Å². The zero-order valence-corrected chi connectivity index (χ0v) is 11.7. The van der Waals surface area contributed by atoms with Crippen LogP contribution < -0.4 is 30.8 Å². The van der Waals surface area contributed by atoms with Crippen molar-refractivity contribution in [3.05, 3.63) is 0 Å². The van der Waals surface area contributed by atoms with Crippen LogP contribution in [0.1, 0.15) is 12.8 Å². The van der Waals surface area contributed by atoms with Crippen LogP contribution in [-0.4, -0.2) is 49.4 Å². The molecule has 0 amide bonds. The van der Waals surface area contributed by atoms with Crippen LogP contribution in [0, 0.1) is 0 Å². The summed E-state index contributed by atoms with van der Waals surface area (Å²) in [6.45, 7) is 0. The Labute approximate surface area is 121 Å². The zero-order chi connectivity index (χ0) is 10.6. The van der Waals surface area contributed by atoms with Crippen molar-refractivity contribution in [1.82, 2.24) is 30.8 Å². The van der Waals surface area contributed by atoms with Gasteiger partial charge in [0.25, 0.3) is 0 Å². The van der Waals surface area contributed by atoms with Gasteiger partial charge in [-0.1, -0.05) is 0 Å². The molecule has 0 atom stereocenters. The number of carbonyl (C=O) groups is 3. The van der Waals surface area contributed by atoms with Gasteiger partial charge in [0.1, 0.15) is 0 Å². The van der Waals surface area contributed by atoms with Crippen LogP contribution in [0.3, 0.4) is 0 Å². The number of rotatable bonds is 5. The van der Waals surface area contributed by atoms with Crippen LogP contribution in [-0.2, 0) is 14.4 Å². The lowest BCUT2D eigenvalue weighted by molar-refractivity contribution is -0.170. The van der Waals surface area contributed by atoms with Gasteiger partial charge in [0.2, 0.25) is 0 Å². The monoisotopic (exact) mass is 331 g/mol. The molecular formula is C6H26ClN5O8. The maximum absolute atomic E-state index is 10.3. The Morgan fingerprint density at radius 1 is 0.750 bits per heavy atom. The summed E-state index contributed by atoms with van der Waals surface area (Å²) in [5.41, 5.74) is -2.74. The van der Waals surface area contributed by atoms with Crippen molar-refractivity contribution in [2.45, 2.75) is 18.4 Å². The van der Waals surface area contributed by atoms with Crippen LogP contribution in [0.5, 0.6) is 0 Å². The molecule has 0 fully saturated rings. The Morgan fingerprint density at radius 2 is 0.950 bits per heavy atom. The van der Waals surface area contributed by atoms with Gasteiger partial charge in [0.15, 0.2) is 5.60 Å². The minimum Gasteiger partial charge on any atom is -0.481 e.